The van der Waals surface area contributed by atoms with Crippen molar-refractivity contribution in [3.05, 3.63) is 57.8 Å². The summed E-state index contributed by atoms with van der Waals surface area (Å²) in [5.41, 5.74) is 4.23. The van der Waals surface area contributed by atoms with Crippen molar-refractivity contribution in [1.29, 1.82) is 0 Å². The van der Waals surface area contributed by atoms with Crippen molar-refractivity contribution in [3.8, 4) is 0 Å². The first-order chi connectivity index (χ1) is 21.5. The Morgan fingerprint density at radius 3 is 1.68 bits per heavy atom. The van der Waals surface area contributed by atoms with Gasteiger partial charge in [-0.05, 0) is 118 Å². The van der Waals surface area contributed by atoms with Crippen LogP contribution in [0, 0.1) is 11.8 Å². The van der Waals surface area contributed by atoms with Gasteiger partial charge in [-0.3, -0.25) is 19.8 Å². The molecule has 11 rings (SSSR count). The molecule has 8 heterocycles. The van der Waals surface area contributed by atoms with Crippen molar-refractivity contribution in [2.24, 2.45) is 11.8 Å². The van der Waals surface area contributed by atoms with Crippen LogP contribution in [0.15, 0.2) is 40.9 Å². The van der Waals surface area contributed by atoms with Crippen molar-refractivity contribution in [2.75, 3.05) is 39.3 Å². The van der Waals surface area contributed by atoms with Gasteiger partial charge in [0.25, 0.3) is 11.8 Å². The highest BCUT2D eigenvalue weighted by molar-refractivity contribution is 9.10. The molecule has 230 valence electrons. The molecule has 1 aliphatic carbocycles. The highest BCUT2D eigenvalue weighted by Gasteiger charge is 2.36. The minimum absolute atomic E-state index is 0.0250. The Hall–Kier alpha value is -3.28. The van der Waals surface area contributed by atoms with E-state index in [0.717, 1.165) is 39.4 Å². The molecule has 7 fully saturated rings. The van der Waals surface area contributed by atoms with Gasteiger partial charge in [-0.1, -0.05) is 22.0 Å². The maximum absolute atomic E-state index is 12.7. The van der Waals surface area contributed by atoms with Crippen LogP contribution in [0.5, 0.6) is 0 Å². The maximum Gasteiger partial charge on any atom is 0.272 e. The average Bonchev–Trinajstić information content (AvgIpc) is 3.68. The molecule has 4 aromatic rings. The van der Waals surface area contributed by atoms with E-state index in [9.17, 15) is 9.59 Å². The number of rotatable bonds is 5. The van der Waals surface area contributed by atoms with Crippen molar-refractivity contribution in [2.45, 2.75) is 56.5 Å². The fourth-order valence-electron chi connectivity index (χ4n) is 7.77. The molecule has 0 spiro atoms. The Bertz CT molecular complexity index is 1700. The molecule has 6 saturated heterocycles. The number of carbonyl (C=O) groups excluding carboxylic acids is 2. The molecule has 1 saturated carbocycles. The van der Waals surface area contributed by atoms with Gasteiger partial charge >= 0.3 is 0 Å². The number of H-pyrrole nitrogens is 2. The van der Waals surface area contributed by atoms with Gasteiger partial charge in [-0.2, -0.15) is 10.2 Å². The third kappa shape index (κ3) is 5.54. The second-order valence-corrected chi connectivity index (χ2v) is 14.3. The standard InChI is InChI=1S/C18H22N4O.C15H17BrN4O/c23-18(19-16-10-22-7-5-12(16)6-8-22)17-14-9-13(11-1-2-11)3-4-15(14)20-21-17;16-10-1-2-12-11(7-10)14(19-18-12)15(21)17-13-8-20-5-3-9(13)4-6-20/h3-4,9,11-12,16H,1-2,5-8,10H2,(H,19,23)(H,20,21);1-2,7,9,13H,3-6,8H2,(H,17,21)(H,18,19)/t16-;13-/m00/s1. The molecule has 10 nitrogen and oxygen atoms in total. The molecule has 2 aromatic heterocycles. The highest BCUT2D eigenvalue weighted by Crippen LogP contribution is 2.41. The van der Waals surface area contributed by atoms with Crippen LogP contribution in [-0.4, -0.2) is 93.4 Å². The van der Waals surface area contributed by atoms with Gasteiger partial charge < -0.3 is 20.4 Å². The van der Waals surface area contributed by atoms with E-state index < -0.39 is 0 Å². The number of piperidine rings is 6. The second-order valence-electron chi connectivity index (χ2n) is 13.3. The number of aromatic nitrogens is 4. The zero-order chi connectivity index (χ0) is 29.8. The molecule has 7 aliphatic rings. The predicted molar refractivity (Wildman–Crippen MR) is 173 cm³/mol. The van der Waals surface area contributed by atoms with Gasteiger partial charge in [0.05, 0.1) is 11.0 Å². The first-order valence-electron chi connectivity index (χ1n) is 16.2. The van der Waals surface area contributed by atoms with E-state index in [-0.39, 0.29) is 23.9 Å². The number of carbonyl (C=O) groups is 2. The monoisotopic (exact) mass is 658 g/mol. The smallest absolute Gasteiger partial charge is 0.272 e. The number of nitrogens with zero attached hydrogens (tertiary/aromatic N) is 4. The summed E-state index contributed by atoms with van der Waals surface area (Å²) in [4.78, 5) is 30.2. The Balaban J connectivity index is 0.000000132. The van der Waals surface area contributed by atoms with Crippen molar-refractivity contribution < 1.29 is 9.59 Å². The SMILES string of the molecule is O=C(N[C@H]1CN2CCC1CC2)c1n[nH]c2ccc(Br)cc12.O=C(N[C@H]1CN2CCC1CC2)c1n[nH]c2ccc(C3CC3)cc12. The molecular formula is C33H39BrN8O2. The van der Waals surface area contributed by atoms with Gasteiger partial charge in [0.15, 0.2) is 11.4 Å². The molecular weight excluding hydrogens is 620 g/mol. The van der Waals surface area contributed by atoms with Crippen LogP contribution >= 0.6 is 15.9 Å². The maximum atomic E-state index is 12.7. The number of halogens is 1. The topological polar surface area (TPSA) is 122 Å². The number of benzene rings is 2. The number of hydrogen-bond donors (Lipinski definition) is 4. The molecule has 4 bridgehead atoms. The number of amides is 2. The fourth-order valence-corrected chi connectivity index (χ4v) is 8.13. The molecule has 11 heteroatoms. The molecule has 4 N–H and O–H groups in total. The van der Waals surface area contributed by atoms with Crippen LogP contribution in [0.25, 0.3) is 21.8 Å². The quantitative estimate of drug-likeness (QED) is 0.252. The molecule has 0 radical (unpaired) electrons. The zero-order valence-electron chi connectivity index (χ0n) is 24.8. The predicted octanol–water partition coefficient (Wildman–Crippen LogP) is 4.41. The van der Waals surface area contributed by atoms with E-state index in [1.807, 2.05) is 18.2 Å². The van der Waals surface area contributed by atoms with Gasteiger partial charge in [0.2, 0.25) is 0 Å². The minimum Gasteiger partial charge on any atom is -0.346 e. The highest BCUT2D eigenvalue weighted by atomic mass is 79.9. The number of hydrogen-bond acceptors (Lipinski definition) is 6. The fraction of sp³-hybridized carbons (Fsp3) is 0.515. The lowest BCUT2D eigenvalue weighted by Gasteiger charge is -2.44. The summed E-state index contributed by atoms with van der Waals surface area (Å²) in [5.74, 6) is 1.85. The lowest BCUT2D eigenvalue weighted by atomic mass is 9.84. The van der Waals surface area contributed by atoms with E-state index in [0.29, 0.717) is 29.1 Å². The molecule has 44 heavy (non-hydrogen) atoms. The lowest BCUT2D eigenvalue weighted by Crippen LogP contribution is -2.57. The summed E-state index contributed by atoms with van der Waals surface area (Å²) < 4.78 is 0.952. The van der Waals surface area contributed by atoms with E-state index in [4.69, 9.17) is 0 Å². The largest absolute Gasteiger partial charge is 0.346 e. The summed E-state index contributed by atoms with van der Waals surface area (Å²) in [7, 11) is 0. The van der Waals surface area contributed by atoms with Crippen LogP contribution in [0.2, 0.25) is 0 Å². The van der Waals surface area contributed by atoms with Crippen molar-refractivity contribution >= 4 is 49.6 Å². The van der Waals surface area contributed by atoms with Crippen LogP contribution in [0.1, 0.15) is 71.0 Å². The summed E-state index contributed by atoms with van der Waals surface area (Å²) in [6.45, 7) is 6.69. The summed E-state index contributed by atoms with van der Waals surface area (Å²) in [6.07, 6.45) is 7.33. The number of fused-ring (bicyclic) bond motifs is 8. The molecule has 0 unspecified atom stereocenters. The van der Waals surface area contributed by atoms with Crippen molar-refractivity contribution in [1.82, 2.24) is 40.8 Å². The average molecular weight is 660 g/mol. The number of nitrogens with one attached hydrogen (secondary N) is 4. The number of aromatic amines is 2. The summed E-state index contributed by atoms with van der Waals surface area (Å²) >= 11 is 3.45. The van der Waals surface area contributed by atoms with Crippen LogP contribution in [-0.2, 0) is 0 Å². The molecule has 2 aromatic carbocycles. The Kier molecular flexibility index (Phi) is 7.42. The van der Waals surface area contributed by atoms with Crippen molar-refractivity contribution in [3.63, 3.8) is 0 Å². The van der Waals surface area contributed by atoms with E-state index in [1.165, 1.54) is 70.3 Å². The van der Waals surface area contributed by atoms with E-state index >= 15 is 0 Å². The van der Waals surface area contributed by atoms with Gasteiger partial charge in [0, 0.05) is 40.4 Å². The molecule has 6 aliphatic heterocycles. The normalized spacial score (nSPS) is 28.9. The summed E-state index contributed by atoms with van der Waals surface area (Å²) in [6, 6.07) is 12.7. The van der Waals surface area contributed by atoms with E-state index in [2.05, 4.69) is 75.0 Å². The lowest BCUT2D eigenvalue weighted by molar-refractivity contribution is 0.0615. The Labute approximate surface area is 264 Å². The van der Waals surface area contributed by atoms with Gasteiger partial charge in [-0.15, -0.1) is 0 Å². The van der Waals surface area contributed by atoms with Crippen LogP contribution in [0.3, 0.4) is 0 Å². The van der Waals surface area contributed by atoms with Crippen LogP contribution < -0.4 is 10.6 Å². The second kappa shape index (κ2) is 11.6. The van der Waals surface area contributed by atoms with Gasteiger partial charge in [-0.25, -0.2) is 0 Å². The summed E-state index contributed by atoms with van der Waals surface area (Å²) in [5, 5.41) is 22.7. The zero-order valence-corrected chi connectivity index (χ0v) is 26.4. The molecule has 2 amide bonds. The van der Waals surface area contributed by atoms with Gasteiger partial charge in [0.1, 0.15) is 0 Å². The Morgan fingerprint density at radius 1 is 0.705 bits per heavy atom. The Morgan fingerprint density at radius 2 is 1.20 bits per heavy atom. The first-order valence-corrected chi connectivity index (χ1v) is 17.0. The third-order valence-electron chi connectivity index (χ3n) is 10.5. The molecule has 2 atom stereocenters. The first kappa shape index (κ1) is 28.2. The van der Waals surface area contributed by atoms with E-state index in [1.54, 1.807) is 0 Å². The third-order valence-corrected chi connectivity index (χ3v) is 11.0. The minimum atomic E-state index is -0.0712. The van der Waals surface area contributed by atoms with Crippen LogP contribution in [0.4, 0.5) is 0 Å².